The van der Waals surface area contributed by atoms with Gasteiger partial charge in [-0.3, -0.25) is 4.98 Å². The van der Waals surface area contributed by atoms with Crippen molar-refractivity contribution < 1.29 is 9.94 Å². The van der Waals surface area contributed by atoms with Crippen molar-refractivity contribution in [3.8, 4) is 0 Å². The number of oxime groups is 1. The van der Waals surface area contributed by atoms with Gasteiger partial charge in [-0.1, -0.05) is 29.2 Å². The number of piperidine rings is 2. The number of halogens is 1. The number of aromatic nitrogens is 1. The van der Waals surface area contributed by atoms with Gasteiger partial charge in [-0.05, 0) is 64.0 Å². The normalized spacial score (nSPS) is 22.8. The van der Waals surface area contributed by atoms with Crippen molar-refractivity contribution in [2.24, 2.45) is 5.16 Å². The maximum absolute atomic E-state index is 10.2. The molecule has 2 aliphatic heterocycles. The average Bonchev–Trinajstić information content (AvgIpc) is 2.70. The summed E-state index contributed by atoms with van der Waals surface area (Å²) in [5, 5.41) is 18.1. The van der Waals surface area contributed by atoms with Crippen LogP contribution in [0.2, 0.25) is 0 Å². The fourth-order valence-corrected chi connectivity index (χ4v) is 4.16. The topological polar surface area (TPSA) is 70.0 Å². The molecule has 3 heterocycles. The van der Waals surface area contributed by atoms with E-state index in [-0.39, 0.29) is 6.61 Å². The summed E-state index contributed by atoms with van der Waals surface area (Å²) in [5.41, 5.74) is 0.513. The summed E-state index contributed by atoms with van der Waals surface area (Å²) in [6.07, 6.45) is 6.58. The minimum atomic E-state index is -0.555. The van der Waals surface area contributed by atoms with Crippen LogP contribution in [0.25, 0.3) is 0 Å². The van der Waals surface area contributed by atoms with Crippen LogP contribution < -0.4 is 5.32 Å². The van der Waals surface area contributed by atoms with E-state index in [1.807, 2.05) is 18.2 Å². The maximum Gasteiger partial charge on any atom is 0.157 e. The molecule has 0 radical (unpaired) electrons. The predicted octanol–water partition coefficient (Wildman–Crippen LogP) is 2.12. The third-order valence-electron chi connectivity index (χ3n) is 5.34. The quantitative estimate of drug-likeness (QED) is 0.560. The molecule has 1 unspecified atom stereocenters. The van der Waals surface area contributed by atoms with E-state index in [1.165, 1.54) is 19.3 Å². The van der Waals surface area contributed by atoms with Crippen molar-refractivity contribution in [1.82, 2.24) is 15.2 Å². The molecule has 144 valence electrons. The van der Waals surface area contributed by atoms with Crippen LogP contribution in [0.4, 0.5) is 0 Å². The zero-order valence-electron chi connectivity index (χ0n) is 15.2. The molecule has 0 spiro atoms. The van der Waals surface area contributed by atoms with Gasteiger partial charge in [0.15, 0.2) is 5.17 Å². The number of hydrogen-bond donors (Lipinski definition) is 2. The van der Waals surface area contributed by atoms with Gasteiger partial charge in [0.1, 0.15) is 12.7 Å². The van der Waals surface area contributed by atoms with Crippen LogP contribution in [0.3, 0.4) is 0 Å². The molecule has 26 heavy (non-hydrogen) atoms. The summed E-state index contributed by atoms with van der Waals surface area (Å²) in [6, 6.07) is 5.87. The summed E-state index contributed by atoms with van der Waals surface area (Å²) in [5.74, 6) is 0. The van der Waals surface area contributed by atoms with Gasteiger partial charge in [-0.15, -0.1) is 0 Å². The fourth-order valence-electron chi connectivity index (χ4n) is 3.83. The Morgan fingerprint density at radius 2 is 2.08 bits per heavy atom. The van der Waals surface area contributed by atoms with Crippen molar-refractivity contribution in [3.05, 3.63) is 30.1 Å². The molecule has 2 fully saturated rings. The highest BCUT2D eigenvalue weighted by molar-refractivity contribution is 6.67. The number of nitrogens with one attached hydrogen (secondary N) is 1. The standard InChI is InChI=1S/C19H29ClN4O2/c20-18(23-26-15-16(25)14-24-12-4-1-5-13-24)19(7-10-21-11-8-19)17-6-2-3-9-22-17/h2-3,6,9,16,21,25H,1,4-5,7-8,10-15H2. The highest BCUT2D eigenvalue weighted by Crippen LogP contribution is 2.35. The SMILES string of the molecule is OC(CON=C(Cl)C1(c2ccccn2)CCNCC1)CN1CCCCC1. The van der Waals surface area contributed by atoms with Gasteiger partial charge in [0.05, 0.1) is 11.1 Å². The second-order valence-corrected chi connectivity index (χ2v) is 7.60. The van der Waals surface area contributed by atoms with Crippen LogP contribution >= 0.6 is 11.6 Å². The monoisotopic (exact) mass is 380 g/mol. The van der Waals surface area contributed by atoms with Crippen molar-refractivity contribution in [1.29, 1.82) is 0 Å². The van der Waals surface area contributed by atoms with Gasteiger partial charge < -0.3 is 20.2 Å². The van der Waals surface area contributed by atoms with E-state index in [0.29, 0.717) is 11.7 Å². The first kappa shape index (κ1) is 19.5. The summed E-state index contributed by atoms with van der Waals surface area (Å²) in [6.45, 7) is 4.61. The molecule has 0 bridgehead atoms. The Balaban J connectivity index is 1.59. The average molecular weight is 381 g/mol. The first-order chi connectivity index (χ1) is 12.7. The Labute approximate surface area is 160 Å². The van der Waals surface area contributed by atoms with Crippen LogP contribution in [0.1, 0.15) is 37.8 Å². The van der Waals surface area contributed by atoms with E-state index >= 15 is 0 Å². The van der Waals surface area contributed by atoms with E-state index in [2.05, 4.69) is 20.4 Å². The molecule has 3 rings (SSSR count). The van der Waals surface area contributed by atoms with Gasteiger partial charge in [0.25, 0.3) is 0 Å². The Hall–Kier alpha value is -1.21. The molecule has 1 atom stereocenters. The first-order valence-corrected chi connectivity index (χ1v) is 9.97. The molecular formula is C19H29ClN4O2. The van der Waals surface area contributed by atoms with Gasteiger partial charge in [-0.25, -0.2) is 0 Å². The Kier molecular flexibility index (Phi) is 7.25. The number of rotatable bonds is 7. The summed E-state index contributed by atoms with van der Waals surface area (Å²) >= 11 is 6.59. The highest BCUT2D eigenvalue weighted by atomic mass is 35.5. The lowest BCUT2D eigenvalue weighted by molar-refractivity contribution is 0.0154. The predicted molar refractivity (Wildman–Crippen MR) is 104 cm³/mol. The molecule has 1 aromatic heterocycles. The van der Waals surface area contributed by atoms with E-state index in [0.717, 1.165) is 44.7 Å². The molecule has 0 aliphatic carbocycles. The third-order valence-corrected chi connectivity index (χ3v) is 5.77. The summed E-state index contributed by atoms with van der Waals surface area (Å²) < 4.78 is 0. The molecule has 2 aliphatic rings. The van der Waals surface area contributed by atoms with Crippen molar-refractivity contribution >= 4 is 16.8 Å². The van der Waals surface area contributed by atoms with Crippen molar-refractivity contribution in [3.63, 3.8) is 0 Å². The van der Waals surface area contributed by atoms with Crippen LogP contribution in [0.5, 0.6) is 0 Å². The van der Waals surface area contributed by atoms with Gasteiger partial charge in [-0.2, -0.15) is 0 Å². The Morgan fingerprint density at radius 1 is 1.31 bits per heavy atom. The maximum atomic E-state index is 10.2. The van der Waals surface area contributed by atoms with E-state index < -0.39 is 11.5 Å². The second-order valence-electron chi connectivity index (χ2n) is 7.24. The fraction of sp³-hybridized carbons (Fsp3) is 0.684. The summed E-state index contributed by atoms with van der Waals surface area (Å²) in [4.78, 5) is 12.2. The number of pyridine rings is 1. The number of nitrogens with zero attached hydrogens (tertiary/aromatic N) is 3. The third kappa shape index (κ3) is 4.94. The van der Waals surface area contributed by atoms with Crippen molar-refractivity contribution in [2.45, 2.75) is 43.6 Å². The number of β-amino-alcohol motifs (C(OH)–C–C–N with tert-alkyl or cyclic N) is 1. The number of hydrogen-bond acceptors (Lipinski definition) is 6. The van der Waals surface area contributed by atoms with Crippen LogP contribution in [0, 0.1) is 0 Å². The summed E-state index contributed by atoms with van der Waals surface area (Å²) in [7, 11) is 0. The lowest BCUT2D eigenvalue weighted by Gasteiger charge is -2.35. The molecule has 0 aromatic carbocycles. The number of aliphatic hydroxyl groups is 1. The van der Waals surface area contributed by atoms with Gasteiger partial charge >= 0.3 is 0 Å². The molecule has 2 N–H and O–H groups in total. The zero-order chi connectivity index (χ0) is 18.2. The number of aliphatic hydroxyl groups excluding tert-OH is 1. The molecule has 7 heteroatoms. The Bertz CT molecular complexity index is 572. The number of likely N-dealkylation sites (tertiary alicyclic amines) is 1. The molecule has 2 saturated heterocycles. The zero-order valence-corrected chi connectivity index (χ0v) is 16.0. The van der Waals surface area contributed by atoms with Gasteiger partial charge in [0.2, 0.25) is 0 Å². The van der Waals surface area contributed by atoms with Crippen LogP contribution in [0.15, 0.2) is 29.6 Å². The van der Waals surface area contributed by atoms with Crippen LogP contribution in [-0.4, -0.2) is 65.6 Å². The molecule has 6 nitrogen and oxygen atoms in total. The van der Waals surface area contributed by atoms with E-state index in [9.17, 15) is 5.11 Å². The second kappa shape index (κ2) is 9.65. The Morgan fingerprint density at radius 3 is 2.77 bits per heavy atom. The minimum absolute atomic E-state index is 0.156. The first-order valence-electron chi connectivity index (χ1n) is 9.59. The van der Waals surface area contributed by atoms with Crippen molar-refractivity contribution in [2.75, 3.05) is 39.3 Å². The van der Waals surface area contributed by atoms with E-state index in [4.69, 9.17) is 16.4 Å². The lowest BCUT2D eigenvalue weighted by atomic mass is 9.76. The molecular weight excluding hydrogens is 352 g/mol. The van der Waals surface area contributed by atoms with E-state index in [1.54, 1.807) is 6.20 Å². The highest BCUT2D eigenvalue weighted by Gasteiger charge is 2.40. The van der Waals surface area contributed by atoms with Crippen LogP contribution in [-0.2, 0) is 10.3 Å². The molecule has 0 saturated carbocycles. The molecule has 0 amide bonds. The van der Waals surface area contributed by atoms with Gasteiger partial charge in [0, 0.05) is 12.7 Å². The smallest absolute Gasteiger partial charge is 0.157 e. The minimum Gasteiger partial charge on any atom is -0.392 e. The lowest BCUT2D eigenvalue weighted by Crippen LogP contribution is -2.44. The largest absolute Gasteiger partial charge is 0.392 e. The molecule has 1 aromatic rings.